The van der Waals surface area contributed by atoms with Gasteiger partial charge in [0.15, 0.2) is 12.4 Å². The van der Waals surface area contributed by atoms with Crippen molar-refractivity contribution in [2.24, 2.45) is 0 Å². The average Bonchev–Trinajstić information content (AvgIpc) is 2.46. The Balaban J connectivity index is 2.07. The summed E-state index contributed by atoms with van der Waals surface area (Å²) in [7, 11) is 0. The quantitative estimate of drug-likeness (QED) is 0.466. The molecule has 19 heavy (non-hydrogen) atoms. The smallest absolute Gasteiger partial charge is 0.330 e. The van der Waals surface area contributed by atoms with E-state index in [4.69, 9.17) is 4.74 Å². The SMILES string of the molecule is O=C(COc1ncccc1[N+](=O)[O-])c1ccccc1. The van der Waals surface area contributed by atoms with Crippen LogP contribution in [0.3, 0.4) is 0 Å². The lowest BCUT2D eigenvalue weighted by Gasteiger charge is -2.04. The van der Waals surface area contributed by atoms with E-state index in [2.05, 4.69) is 4.98 Å². The number of pyridine rings is 1. The Bertz CT molecular complexity index is 599. The normalized spacial score (nSPS) is 9.89. The Morgan fingerprint density at radius 2 is 1.95 bits per heavy atom. The summed E-state index contributed by atoms with van der Waals surface area (Å²) in [6, 6.07) is 11.3. The summed E-state index contributed by atoms with van der Waals surface area (Å²) >= 11 is 0. The monoisotopic (exact) mass is 258 g/mol. The van der Waals surface area contributed by atoms with Crippen molar-refractivity contribution in [2.45, 2.75) is 0 Å². The van der Waals surface area contributed by atoms with E-state index in [0.717, 1.165) is 0 Å². The van der Waals surface area contributed by atoms with Gasteiger partial charge in [-0.15, -0.1) is 0 Å². The molecule has 0 fully saturated rings. The van der Waals surface area contributed by atoms with Gasteiger partial charge < -0.3 is 4.74 Å². The van der Waals surface area contributed by atoms with Gasteiger partial charge in [-0.3, -0.25) is 14.9 Å². The van der Waals surface area contributed by atoms with E-state index in [9.17, 15) is 14.9 Å². The molecule has 6 nitrogen and oxygen atoms in total. The van der Waals surface area contributed by atoms with E-state index in [-0.39, 0.29) is 24.0 Å². The first-order chi connectivity index (χ1) is 9.18. The highest BCUT2D eigenvalue weighted by Crippen LogP contribution is 2.22. The average molecular weight is 258 g/mol. The maximum atomic E-state index is 11.8. The maximum Gasteiger partial charge on any atom is 0.330 e. The molecule has 0 aliphatic carbocycles. The van der Waals surface area contributed by atoms with Gasteiger partial charge >= 0.3 is 5.69 Å². The summed E-state index contributed by atoms with van der Waals surface area (Å²) in [4.78, 5) is 25.7. The first kappa shape index (κ1) is 12.7. The third-order valence-corrected chi connectivity index (χ3v) is 2.38. The molecule has 0 amide bonds. The Hall–Kier alpha value is -2.76. The van der Waals surface area contributed by atoms with Crippen molar-refractivity contribution in [3.8, 4) is 5.88 Å². The van der Waals surface area contributed by atoms with Gasteiger partial charge in [-0.2, -0.15) is 0 Å². The highest BCUT2D eigenvalue weighted by atomic mass is 16.6. The van der Waals surface area contributed by atoms with Crippen LogP contribution >= 0.6 is 0 Å². The molecule has 1 aromatic carbocycles. The number of rotatable bonds is 5. The number of nitro groups is 1. The second-order valence-corrected chi connectivity index (χ2v) is 3.66. The van der Waals surface area contributed by atoms with Gasteiger partial charge in [0.2, 0.25) is 0 Å². The van der Waals surface area contributed by atoms with Crippen LogP contribution in [0.1, 0.15) is 10.4 Å². The second-order valence-electron chi connectivity index (χ2n) is 3.66. The van der Waals surface area contributed by atoms with E-state index >= 15 is 0 Å². The van der Waals surface area contributed by atoms with Crippen LogP contribution in [-0.2, 0) is 0 Å². The minimum Gasteiger partial charge on any atom is -0.464 e. The fourth-order valence-electron chi connectivity index (χ4n) is 1.47. The molecule has 96 valence electrons. The predicted molar refractivity (Wildman–Crippen MR) is 67.2 cm³/mol. The van der Waals surface area contributed by atoms with Crippen LogP contribution < -0.4 is 4.74 Å². The van der Waals surface area contributed by atoms with Gasteiger partial charge in [-0.05, 0) is 6.07 Å². The third kappa shape index (κ3) is 3.12. The number of hydrogen-bond donors (Lipinski definition) is 0. The van der Waals surface area contributed by atoms with E-state index in [1.165, 1.54) is 18.3 Å². The van der Waals surface area contributed by atoms with Crippen LogP contribution in [0.2, 0.25) is 0 Å². The predicted octanol–water partition coefficient (Wildman–Crippen LogP) is 2.25. The zero-order chi connectivity index (χ0) is 13.7. The lowest BCUT2D eigenvalue weighted by atomic mass is 10.1. The van der Waals surface area contributed by atoms with Crippen LogP contribution in [-0.4, -0.2) is 22.3 Å². The highest BCUT2D eigenvalue weighted by molar-refractivity contribution is 5.97. The van der Waals surface area contributed by atoms with Crippen LogP contribution in [0.15, 0.2) is 48.7 Å². The van der Waals surface area contributed by atoms with E-state index < -0.39 is 4.92 Å². The highest BCUT2D eigenvalue weighted by Gasteiger charge is 2.17. The van der Waals surface area contributed by atoms with Gasteiger partial charge in [0.25, 0.3) is 5.88 Å². The van der Waals surface area contributed by atoms with Crippen molar-refractivity contribution >= 4 is 11.5 Å². The number of aromatic nitrogens is 1. The fourth-order valence-corrected chi connectivity index (χ4v) is 1.47. The number of Topliss-reactive ketones (excluding diaryl/α,β-unsaturated/α-hetero) is 1. The topological polar surface area (TPSA) is 82.3 Å². The molecule has 2 rings (SSSR count). The second kappa shape index (κ2) is 5.72. The number of nitrogens with zero attached hydrogens (tertiary/aromatic N) is 2. The molecule has 1 heterocycles. The molecule has 0 aliphatic rings. The molecule has 0 radical (unpaired) electrons. The Labute approximate surface area is 108 Å². The van der Waals surface area contributed by atoms with Crippen molar-refractivity contribution in [2.75, 3.05) is 6.61 Å². The number of carbonyl (C=O) groups excluding carboxylic acids is 1. The molecular weight excluding hydrogens is 248 g/mol. The summed E-state index contributed by atoms with van der Waals surface area (Å²) < 4.78 is 5.11. The summed E-state index contributed by atoms with van der Waals surface area (Å²) in [5, 5.41) is 10.7. The number of ketones is 1. The van der Waals surface area contributed by atoms with E-state index in [0.29, 0.717) is 5.56 Å². The van der Waals surface area contributed by atoms with Gasteiger partial charge in [0.05, 0.1) is 4.92 Å². The molecule has 0 bridgehead atoms. The van der Waals surface area contributed by atoms with Crippen molar-refractivity contribution in [3.63, 3.8) is 0 Å². The molecular formula is C13H10N2O4. The van der Waals surface area contributed by atoms with Crippen molar-refractivity contribution < 1.29 is 14.5 Å². The Morgan fingerprint density at radius 3 is 2.63 bits per heavy atom. The molecule has 1 aromatic heterocycles. The summed E-state index contributed by atoms with van der Waals surface area (Å²) in [5.74, 6) is -0.419. The molecule has 0 unspecified atom stereocenters. The summed E-state index contributed by atoms with van der Waals surface area (Å²) in [6.45, 7) is -0.290. The molecule has 2 aromatic rings. The van der Waals surface area contributed by atoms with Gasteiger partial charge in [0.1, 0.15) is 0 Å². The van der Waals surface area contributed by atoms with E-state index in [1.54, 1.807) is 30.3 Å². The summed E-state index contributed by atoms with van der Waals surface area (Å²) in [6.07, 6.45) is 1.37. The van der Waals surface area contributed by atoms with Crippen LogP contribution in [0, 0.1) is 10.1 Å². The number of carbonyl (C=O) groups is 1. The maximum absolute atomic E-state index is 11.8. The molecule has 0 N–H and O–H groups in total. The van der Waals surface area contributed by atoms with Crippen molar-refractivity contribution in [3.05, 3.63) is 64.3 Å². The van der Waals surface area contributed by atoms with Gasteiger partial charge in [0, 0.05) is 17.8 Å². The molecule has 0 aliphatic heterocycles. The van der Waals surface area contributed by atoms with Crippen LogP contribution in [0.4, 0.5) is 5.69 Å². The van der Waals surface area contributed by atoms with Crippen molar-refractivity contribution in [1.29, 1.82) is 0 Å². The summed E-state index contributed by atoms with van der Waals surface area (Å²) in [5.41, 5.74) is 0.226. The standard InChI is InChI=1S/C13H10N2O4/c16-12(10-5-2-1-3-6-10)9-19-13-11(15(17)18)7-4-8-14-13/h1-8H,9H2. The van der Waals surface area contributed by atoms with E-state index in [1.807, 2.05) is 0 Å². The van der Waals surface area contributed by atoms with Gasteiger partial charge in [-0.1, -0.05) is 30.3 Å². The van der Waals surface area contributed by atoms with Crippen LogP contribution in [0.25, 0.3) is 0 Å². The van der Waals surface area contributed by atoms with Crippen LogP contribution in [0.5, 0.6) is 5.88 Å². The molecule has 0 spiro atoms. The lowest BCUT2D eigenvalue weighted by Crippen LogP contribution is -2.12. The Morgan fingerprint density at radius 1 is 1.21 bits per heavy atom. The molecule has 6 heteroatoms. The molecule has 0 saturated heterocycles. The van der Waals surface area contributed by atoms with Gasteiger partial charge in [-0.25, -0.2) is 4.98 Å². The number of hydrogen-bond acceptors (Lipinski definition) is 5. The first-order valence-electron chi connectivity index (χ1n) is 5.49. The zero-order valence-electron chi connectivity index (χ0n) is 9.85. The lowest BCUT2D eigenvalue weighted by molar-refractivity contribution is -0.386. The first-order valence-corrected chi connectivity index (χ1v) is 5.49. The molecule has 0 atom stereocenters. The number of ether oxygens (including phenoxy) is 1. The third-order valence-electron chi connectivity index (χ3n) is 2.38. The molecule has 0 saturated carbocycles. The van der Waals surface area contributed by atoms with Crippen molar-refractivity contribution in [1.82, 2.24) is 4.98 Å². The minimum absolute atomic E-state index is 0.156. The largest absolute Gasteiger partial charge is 0.464 e. The number of benzene rings is 1. The fraction of sp³-hybridized carbons (Fsp3) is 0.0769. The minimum atomic E-state index is -0.602. The Kier molecular flexibility index (Phi) is 3.82. The zero-order valence-corrected chi connectivity index (χ0v) is 9.85.